The molecule has 0 radical (unpaired) electrons. The number of nitrogens with zero attached hydrogens (tertiary/aromatic N) is 2. The predicted octanol–water partition coefficient (Wildman–Crippen LogP) is 5.08. The van der Waals surface area contributed by atoms with Gasteiger partial charge in [-0.05, 0) is 61.9 Å². The number of anilines is 3. The number of urea groups is 1. The van der Waals surface area contributed by atoms with Crippen molar-refractivity contribution in [2.75, 3.05) is 41.7 Å². The molecule has 2 aliphatic heterocycles. The number of rotatable bonds is 4. The van der Waals surface area contributed by atoms with Gasteiger partial charge in [-0.15, -0.1) is 0 Å². The van der Waals surface area contributed by atoms with E-state index in [1.807, 2.05) is 11.0 Å². The summed E-state index contributed by atoms with van der Waals surface area (Å²) in [5.74, 6) is -0.953. The molecule has 2 fully saturated rings. The van der Waals surface area contributed by atoms with Gasteiger partial charge in [-0.2, -0.15) is 0 Å². The van der Waals surface area contributed by atoms with Crippen molar-refractivity contribution in [2.24, 2.45) is 5.92 Å². The van der Waals surface area contributed by atoms with Crippen LogP contribution >= 0.6 is 0 Å². The fourth-order valence-corrected chi connectivity index (χ4v) is 4.28. The summed E-state index contributed by atoms with van der Waals surface area (Å²) < 4.78 is 26.9. The Labute approximate surface area is 186 Å². The molecule has 170 valence electrons. The van der Waals surface area contributed by atoms with Gasteiger partial charge in [-0.1, -0.05) is 6.92 Å². The first-order chi connectivity index (χ1) is 15.4. The maximum atomic E-state index is 13.8. The minimum absolute atomic E-state index is 0.0373. The van der Waals surface area contributed by atoms with Crippen LogP contribution in [0.25, 0.3) is 0 Å². The van der Waals surface area contributed by atoms with Gasteiger partial charge in [0.25, 0.3) is 5.91 Å². The first kappa shape index (κ1) is 22.0. The zero-order valence-electron chi connectivity index (χ0n) is 18.2. The number of carbonyl (C=O) groups is 2. The molecule has 8 heteroatoms. The van der Waals surface area contributed by atoms with Gasteiger partial charge in [-0.25, -0.2) is 13.6 Å². The lowest BCUT2D eigenvalue weighted by Crippen LogP contribution is -2.35. The SMILES string of the molecule is CC1CCN(c2ccc(NC(=O)Nc3ccc(F)cc3F)cc2C(=O)N2CCCC2)CC1. The average molecular weight is 443 g/mol. The Morgan fingerprint density at radius 1 is 0.938 bits per heavy atom. The third kappa shape index (κ3) is 5.00. The first-order valence-electron chi connectivity index (χ1n) is 11.1. The highest BCUT2D eigenvalue weighted by Crippen LogP contribution is 2.30. The van der Waals surface area contributed by atoms with Gasteiger partial charge in [0.2, 0.25) is 0 Å². The predicted molar refractivity (Wildman–Crippen MR) is 121 cm³/mol. The summed E-state index contributed by atoms with van der Waals surface area (Å²) in [7, 11) is 0. The lowest BCUT2D eigenvalue weighted by atomic mass is 9.97. The maximum Gasteiger partial charge on any atom is 0.323 e. The Hall–Kier alpha value is -3.16. The van der Waals surface area contributed by atoms with Crippen molar-refractivity contribution < 1.29 is 18.4 Å². The molecular formula is C24H28F2N4O2. The van der Waals surface area contributed by atoms with Crippen molar-refractivity contribution in [3.63, 3.8) is 0 Å². The van der Waals surface area contributed by atoms with E-state index < -0.39 is 17.7 Å². The van der Waals surface area contributed by atoms with Crippen molar-refractivity contribution in [2.45, 2.75) is 32.6 Å². The van der Waals surface area contributed by atoms with Crippen LogP contribution in [0.2, 0.25) is 0 Å². The highest BCUT2D eigenvalue weighted by Gasteiger charge is 2.26. The van der Waals surface area contributed by atoms with Crippen LogP contribution in [0.1, 0.15) is 43.0 Å². The minimum atomic E-state index is -0.861. The number of likely N-dealkylation sites (tertiary alicyclic amines) is 1. The van der Waals surface area contributed by atoms with E-state index >= 15 is 0 Å². The Kier molecular flexibility index (Phi) is 6.58. The molecule has 0 saturated carbocycles. The van der Waals surface area contributed by atoms with Crippen molar-refractivity contribution in [1.82, 2.24) is 4.90 Å². The molecule has 2 aromatic carbocycles. The van der Waals surface area contributed by atoms with Crippen LogP contribution in [0, 0.1) is 17.6 Å². The van der Waals surface area contributed by atoms with Crippen LogP contribution in [0.5, 0.6) is 0 Å². The largest absolute Gasteiger partial charge is 0.371 e. The van der Waals surface area contributed by atoms with E-state index in [0.717, 1.165) is 69.7 Å². The summed E-state index contributed by atoms with van der Waals surface area (Å²) >= 11 is 0. The fraction of sp³-hybridized carbons (Fsp3) is 0.417. The molecule has 0 aliphatic carbocycles. The van der Waals surface area contributed by atoms with Gasteiger partial charge < -0.3 is 20.4 Å². The van der Waals surface area contributed by atoms with E-state index in [9.17, 15) is 18.4 Å². The molecule has 32 heavy (non-hydrogen) atoms. The molecule has 2 heterocycles. The monoisotopic (exact) mass is 442 g/mol. The molecule has 0 atom stereocenters. The summed E-state index contributed by atoms with van der Waals surface area (Å²) in [6.07, 6.45) is 4.13. The molecule has 2 aromatic rings. The number of hydrogen-bond acceptors (Lipinski definition) is 3. The van der Waals surface area contributed by atoms with Crippen molar-refractivity contribution >= 4 is 29.0 Å². The van der Waals surface area contributed by atoms with Crippen LogP contribution in [0.4, 0.5) is 30.6 Å². The number of piperidine rings is 1. The van der Waals surface area contributed by atoms with Gasteiger partial charge in [0.15, 0.2) is 0 Å². The Balaban J connectivity index is 1.55. The summed E-state index contributed by atoms with van der Waals surface area (Å²) in [6, 6.07) is 7.56. The van der Waals surface area contributed by atoms with Crippen molar-refractivity contribution in [3.8, 4) is 0 Å². The second-order valence-electron chi connectivity index (χ2n) is 8.60. The summed E-state index contributed by atoms with van der Waals surface area (Å²) in [4.78, 5) is 29.7. The standard InChI is InChI=1S/C24H28F2N4O2/c1-16-8-12-29(13-9-16)22-7-5-18(15-19(22)23(31)30-10-2-3-11-30)27-24(32)28-21-6-4-17(25)14-20(21)26/h4-7,14-16H,2-3,8-13H2,1H3,(H2,27,28,32). The molecule has 3 amide bonds. The molecule has 4 rings (SSSR count). The highest BCUT2D eigenvalue weighted by atomic mass is 19.1. The number of nitrogens with one attached hydrogen (secondary N) is 2. The van der Waals surface area contributed by atoms with Gasteiger partial charge in [-0.3, -0.25) is 4.79 Å². The van der Waals surface area contributed by atoms with Crippen molar-refractivity contribution in [1.29, 1.82) is 0 Å². The van der Waals surface area contributed by atoms with Gasteiger partial charge in [0.1, 0.15) is 11.6 Å². The van der Waals surface area contributed by atoms with Gasteiger partial charge in [0, 0.05) is 43.6 Å². The highest BCUT2D eigenvalue weighted by molar-refractivity contribution is 6.04. The Bertz CT molecular complexity index is 999. The molecule has 2 N–H and O–H groups in total. The number of hydrogen-bond donors (Lipinski definition) is 2. The van der Waals surface area contributed by atoms with E-state index in [0.29, 0.717) is 23.2 Å². The van der Waals surface area contributed by atoms with Crippen LogP contribution in [0.15, 0.2) is 36.4 Å². The van der Waals surface area contributed by atoms with Gasteiger partial charge in [0.05, 0.1) is 11.3 Å². The molecule has 6 nitrogen and oxygen atoms in total. The second-order valence-corrected chi connectivity index (χ2v) is 8.60. The zero-order chi connectivity index (χ0) is 22.7. The van der Waals surface area contributed by atoms with Crippen LogP contribution in [0.3, 0.4) is 0 Å². The normalized spacial score (nSPS) is 16.8. The smallest absolute Gasteiger partial charge is 0.323 e. The zero-order valence-corrected chi connectivity index (χ0v) is 18.2. The van der Waals surface area contributed by atoms with Crippen LogP contribution < -0.4 is 15.5 Å². The van der Waals surface area contributed by atoms with E-state index in [4.69, 9.17) is 0 Å². The summed E-state index contributed by atoms with van der Waals surface area (Å²) in [5.41, 5.74) is 1.74. The molecule has 2 saturated heterocycles. The summed E-state index contributed by atoms with van der Waals surface area (Å²) in [6.45, 7) is 5.48. The number of halogens is 2. The molecule has 0 spiro atoms. The molecule has 0 aromatic heterocycles. The molecule has 0 bridgehead atoms. The van der Waals surface area contributed by atoms with Gasteiger partial charge >= 0.3 is 6.03 Å². The van der Waals surface area contributed by atoms with E-state index in [2.05, 4.69) is 22.5 Å². The number of amides is 3. The maximum absolute atomic E-state index is 13.8. The van der Waals surface area contributed by atoms with Crippen LogP contribution in [-0.4, -0.2) is 43.0 Å². The first-order valence-corrected chi connectivity index (χ1v) is 11.1. The van der Waals surface area contributed by atoms with Crippen molar-refractivity contribution in [3.05, 3.63) is 53.6 Å². The lowest BCUT2D eigenvalue weighted by Gasteiger charge is -2.34. The lowest BCUT2D eigenvalue weighted by molar-refractivity contribution is 0.0793. The Morgan fingerprint density at radius 2 is 1.66 bits per heavy atom. The summed E-state index contributed by atoms with van der Waals surface area (Å²) in [5, 5.41) is 5.03. The van der Waals surface area contributed by atoms with E-state index in [1.165, 1.54) is 0 Å². The minimum Gasteiger partial charge on any atom is -0.371 e. The molecule has 2 aliphatic rings. The fourth-order valence-electron chi connectivity index (χ4n) is 4.28. The number of benzene rings is 2. The Morgan fingerprint density at radius 3 is 2.34 bits per heavy atom. The average Bonchev–Trinajstić information content (AvgIpc) is 3.31. The van der Waals surface area contributed by atoms with E-state index in [1.54, 1.807) is 12.1 Å². The van der Waals surface area contributed by atoms with Crippen LogP contribution in [-0.2, 0) is 0 Å². The third-order valence-corrected chi connectivity index (χ3v) is 6.18. The van der Waals surface area contributed by atoms with E-state index in [-0.39, 0.29) is 11.6 Å². The second kappa shape index (κ2) is 9.54. The quantitative estimate of drug-likeness (QED) is 0.694. The third-order valence-electron chi connectivity index (χ3n) is 6.18. The molecule has 0 unspecified atom stereocenters. The number of carbonyl (C=O) groups excluding carboxylic acids is 2. The molecular weight excluding hydrogens is 414 g/mol. The topological polar surface area (TPSA) is 64.7 Å².